The Hall–Kier alpha value is -2.03. The highest BCUT2D eigenvalue weighted by molar-refractivity contribution is 5.81. The number of alkyl halides is 3. The molecule has 1 atom stereocenters. The number of nitriles is 1. The molecule has 0 fully saturated rings. The van der Waals surface area contributed by atoms with Crippen LogP contribution in [0.25, 0.3) is 0 Å². The number of hydrogen-bond donors (Lipinski definition) is 0. The second-order valence-corrected chi connectivity index (χ2v) is 4.34. The van der Waals surface area contributed by atoms with Crippen LogP contribution < -0.4 is 0 Å². The second-order valence-electron chi connectivity index (χ2n) is 4.34. The second kappa shape index (κ2) is 6.94. The highest BCUT2D eigenvalue weighted by atomic mass is 19.4. The standard InChI is InChI=1S/C14H15F3N2O/c1-2-19(10-14(15,16)17)13(20)12(9-18)8-11-6-4-3-5-7-11/h3-7,12H,2,8,10H2,1H3. The molecule has 1 aromatic carbocycles. The lowest BCUT2D eigenvalue weighted by Gasteiger charge is -2.24. The van der Waals surface area contributed by atoms with Gasteiger partial charge >= 0.3 is 6.18 Å². The third-order valence-electron chi connectivity index (χ3n) is 2.80. The maximum Gasteiger partial charge on any atom is 0.406 e. The maximum absolute atomic E-state index is 12.4. The van der Waals surface area contributed by atoms with E-state index in [4.69, 9.17) is 5.26 Å². The number of carbonyl (C=O) groups excluding carboxylic acids is 1. The average molecular weight is 284 g/mol. The van der Waals surface area contributed by atoms with Crippen molar-refractivity contribution < 1.29 is 18.0 Å². The van der Waals surface area contributed by atoms with Gasteiger partial charge in [-0.1, -0.05) is 30.3 Å². The van der Waals surface area contributed by atoms with Crippen LogP contribution in [0, 0.1) is 17.2 Å². The molecular formula is C14H15F3N2O. The molecule has 0 aromatic heterocycles. The summed E-state index contributed by atoms with van der Waals surface area (Å²) in [4.78, 5) is 12.7. The van der Waals surface area contributed by atoms with Gasteiger partial charge in [-0.15, -0.1) is 0 Å². The smallest absolute Gasteiger partial charge is 0.333 e. The number of benzene rings is 1. The summed E-state index contributed by atoms with van der Waals surface area (Å²) in [5.74, 6) is -1.88. The van der Waals surface area contributed by atoms with Crippen LogP contribution in [0.15, 0.2) is 30.3 Å². The van der Waals surface area contributed by atoms with Gasteiger partial charge in [-0.2, -0.15) is 18.4 Å². The largest absolute Gasteiger partial charge is 0.406 e. The monoisotopic (exact) mass is 284 g/mol. The molecule has 1 unspecified atom stereocenters. The number of halogens is 3. The van der Waals surface area contributed by atoms with Gasteiger partial charge < -0.3 is 4.90 Å². The fourth-order valence-corrected chi connectivity index (χ4v) is 1.82. The lowest BCUT2D eigenvalue weighted by atomic mass is 9.99. The normalized spacial score (nSPS) is 12.6. The van der Waals surface area contributed by atoms with E-state index < -0.39 is 24.5 Å². The van der Waals surface area contributed by atoms with E-state index in [1.54, 1.807) is 36.4 Å². The van der Waals surface area contributed by atoms with Gasteiger partial charge in [0.2, 0.25) is 5.91 Å². The van der Waals surface area contributed by atoms with Crippen LogP contribution in [0.2, 0.25) is 0 Å². The zero-order valence-corrected chi connectivity index (χ0v) is 11.0. The van der Waals surface area contributed by atoms with Crippen LogP contribution >= 0.6 is 0 Å². The molecule has 0 saturated heterocycles. The maximum atomic E-state index is 12.4. The minimum Gasteiger partial charge on any atom is -0.333 e. The van der Waals surface area contributed by atoms with Crippen molar-refractivity contribution in [3.63, 3.8) is 0 Å². The van der Waals surface area contributed by atoms with E-state index in [-0.39, 0.29) is 13.0 Å². The molecule has 0 N–H and O–H groups in total. The molecule has 6 heteroatoms. The van der Waals surface area contributed by atoms with Crippen molar-refractivity contribution in [1.82, 2.24) is 4.90 Å². The zero-order chi connectivity index (χ0) is 15.2. The van der Waals surface area contributed by atoms with Crippen LogP contribution in [0.4, 0.5) is 13.2 Å². The Morgan fingerprint density at radius 1 is 1.35 bits per heavy atom. The fraction of sp³-hybridized carbons (Fsp3) is 0.429. The first kappa shape index (κ1) is 16.0. The van der Waals surface area contributed by atoms with Crippen molar-refractivity contribution in [3.8, 4) is 6.07 Å². The van der Waals surface area contributed by atoms with Crippen LogP contribution in [0.1, 0.15) is 12.5 Å². The van der Waals surface area contributed by atoms with E-state index in [9.17, 15) is 18.0 Å². The topological polar surface area (TPSA) is 44.1 Å². The van der Waals surface area contributed by atoms with E-state index in [2.05, 4.69) is 0 Å². The van der Waals surface area contributed by atoms with Gasteiger partial charge in [0.05, 0.1) is 6.07 Å². The van der Waals surface area contributed by atoms with Gasteiger partial charge in [0.25, 0.3) is 0 Å². The number of nitrogens with zero attached hydrogens (tertiary/aromatic N) is 2. The summed E-state index contributed by atoms with van der Waals surface area (Å²) in [5, 5.41) is 9.02. The molecule has 0 aliphatic heterocycles. The van der Waals surface area contributed by atoms with Crippen molar-refractivity contribution in [1.29, 1.82) is 5.26 Å². The third-order valence-corrected chi connectivity index (χ3v) is 2.80. The van der Waals surface area contributed by atoms with Gasteiger partial charge in [0.1, 0.15) is 12.5 Å². The van der Waals surface area contributed by atoms with Crippen molar-refractivity contribution in [2.45, 2.75) is 19.5 Å². The molecule has 0 aliphatic carbocycles. The molecule has 0 aliphatic rings. The van der Waals surface area contributed by atoms with Crippen LogP contribution in [0.3, 0.4) is 0 Å². The molecular weight excluding hydrogens is 269 g/mol. The predicted octanol–water partition coefficient (Wildman–Crippen LogP) is 2.78. The van der Waals surface area contributed by atoms with Crippen molar-refractivity contribution in [2.75, 3.05) is 13.1 Å². The molecule has 0 heterocycles. The summed E-state index contributed by atoms with van der Waals surface area (Å²) in [6.45, 7) is 0.0568. The van der Waals surface area contributed by atoms with Gasteiger partial charge in [0.15, 0.2) is 0 Å². The van der Waals surface area contributed by atoms with E-state index in [1.165, 1.54) is 6.92 Å². The van der Waals surface area contributed by atoms with E-state index in [1.807, 2.05) is 0 Å². The summed E-state index contributed by atoms with van der Waals surface area (Å²) in [7, 11) is 0. The van der Waals surface area contributed by atoms with Crippen molar-refractivity contribution >= 4 is 5.91 Å². The molecule has 0 radical (unpaired) electrons. The Bertz CT molecular complexity index is 479. The molecule has 1 amide bonds. The molecule has 3 nitrogen and oxygen atoms in total. The summed E-state index contributed by atoms with van der Waals surface area (Å²) in [6.07, 6.45) is -4.34. The summed E-state index contributed by atoms with van der Waals surface area (Å²) in [6, 6.07) is 10.5. The van der Waals surface area contributed by atoms with Gasteiger partial charge in [-0.3, -0.25) is 4.79 Å². The zero-order valence-electron chi connectivity index (χ0n) is 11.0. The van der Waals surface area contributed by atoms with Crippen LogP contribution in [-0.4, -0.2) is 30.1 Å². The molecule has 0 bridgehead atoms. The summed E-state index contributed by atoms with van der Waals surface area (Å²) < 4.78 is 37.1. The lowest BCUT2D eigenvalue weighted by molar-refractivity contribution is -0.162. The quantitative estimate of drug-likeness (QED) is 0.834. The van der Waals surface area contributed by atoms with E-state index in [0.717, 1.165) is 5.56 Å². The summed E-state index contributed by atoms with van der Waals surface area (Å²) in [5.41, 5.74) is 0.746. The molecule has 1 rings (SSSR count). The summed E-state index contributed by atoms with van der Waals surface area (Å²) >= 11 is 0. The highest BCUT2D eigenvalue weighted by Crippen LogP contribution is 2.19. The Kier molecular flexibility index (Phi) is 5.56. The molecule has 0 saturated carbocycles. The highest BCUT2D eigenvalue weighted by Gasteiger charge is 2.34. The van der Waals surface area contributed by atoms with E-state index >= 15 is 0 Å². The van der Waals surface area contributed by atoms with E-state index in [0.29, 0.717) is 4.90 Å². The number of hydrogen-bond acceptors (Lipinski definition) is 2. The Morgan fingerprint density at radius 2 is 1.95 bits per heavy atom. The number of carbonyl (C=O) groups is 1. The van der Waals surface area contributed by atoms with Crippen LogP contribution in [0.5, 0.6) is 0 Å². The minimum absolute atomic E-state index is 0.0781. The van der Waals surface area contributed by atoms with Gasteiger partial charge in [-0.05, 0) is 18.9 Å². The van der Waals surface area contributed by atoms with Crippen molar-refractivity contribution in [2.24, 2.45) is 5.92 Å². The van der Waals surface area contributed by atoms with Crippen molar-refractivity contribution in [3.05, 3.63) is 35.9 Å². The first-order valence-corrected chi connectivity index (χ1v) is 6.16. The molecule has 20 heavy (non-hydrogen) atoms. The first-order chi connectivity index (χ1) is 9.37. The molecule has 108 valence electrons. The van der Waals surface area contributed by atoms with Crippen LogP contribution in [-0.2, 0) is 11.2 Å². The predicted molar refractivity (Wildman–Crippen MR) is 67.6 cm³/mol. The number of rotatable bonds is 5. The SMILES string of the molecule is CCN(CC(F)(F)F)C(=O)C(C#N)Cc1ccccc1. The molecule has 0 spiro atoms. The average Bonchev–Trinajstić information content (AvgIpc) is 2.41. The molecule has 1 aromatic rings. The third kappa shape index (κ3) is 4.92. The van der Waals surface area contributed by atoms with Gasteiger partial charge in [0, 0.05) is 6.54 Å². The fourth-order valence-electron chi connectivity index (χ4n) is 1.82. The lowest BCUT2D eigenvalue weighted by Crippen LogP contribution is -2.42. The van der Waals surface area contributed by atoms with Gasteiger partial charge in [-0.25, -0.2) is 0 Å². The number of amides is 1. The minimum atomic E-state index is -4.46. The Labute approximate surface area is 115 Å². The first-order valence-electron chi connectivity index (χ1n) is 6.16. The Morgan fingerprint density at radius 3 is 2.40 bits per heavy atom. The Balaban J connectivity index is 2.78.